The Labute approximate surface area is 163 Å². The molecule has 1 aromatic rings. The van der Waals surface area contributed by atoms with E-state index in [0.29, 0.717) is 38.9 Å². The van der Waals surface area contributed by atoms with Crippen molar-refractivity contribution < 1.29 is 33.6 Å². The summed E-state index contributed by atoms with van der Waals surface area (Å²) in [5, 5.41) is 13.4. The van der Waals surface area contributed by atoms with Crippen LogP contribution in [0.3, 0.4) is 0 Å². The fraction of sp³-hybridized carbons (Fsp3) is 0.611. The number of pyridine rings is 1. The number of amidine groups is 1. The minimum absolute atomic E-state index is 0.161. The van der Waals surface area contributed by atoms with Crippen LogP contribution < -0.4 is 10.1 Å². The number of nitrogens with zero attached hydrogens (tertiary/aromatic N) is 2. The lowest BCUT2D eigenvalue weighted by atomic mass is 10.1. The maximum atomic E-state index is 11.9. The average Bonchev–Trinajstić information content (AvgIpc) is 3.10. The molecule has 0 fully saturated rings. The molecule has 0 aromatic carbocycles. The normalized spacial score (nSPS) is 18.5. The van der Waals surface area contributed by atoms with Crippen LogP contribution in [0.4, 0.5) is 0 Å². The van der Waals surface area contributed by atoms with Gasteiger partial charge in [-0.3, -0.25) is 0 Å². The monoisotopic (exact) mass is 397 g/mol. The molecule has 1 atom stereocenters. The highest BCUT2D eigenvalue weighted by molar-refractivity contribution is 6.04. The molecular weight excluding hydrogens is 370 g/mol. The molecule has 10 nitrogen and oxygen atoms in total. The van der Waals surface area contributed by atoms with Crippen LogP contribution in [0.25, 0.3) is 0 Å². The van der Waals surface area contributed by atoms with Gasteiger partial charge in [-0.25, -0.2) is 14.8 Å². The van der Waals surface area contributed by atoms with Gasteiger partial charge in [0.25, 0.3) is 0 Å². The molecule has 28 heavy (non-hydrogen) atoms. The maximum absolute atomic E-state index is 11.9. The first kappa shape index (κ1) is 21.9. The van der Waals surface area contributed by atoms with E-state index in [-0.39, 0.29) is 30.3 Å². The molecule has 2 N–H and O–H groups in total. The Bertz CT molecular complexity index is 683. The Kier molecular flexibility index (Phi) is 8.42. The SMILES string of the molecule is COCCOCCOCCOc1ccnc(C2=NC(C)(C(=O)OC)CN2)c1O. The number of hydrogen-bond donors (Lipinski definition) is 2. The zero-order valence-corrected chi connectivity index (χ0v) is 16.4. The van der Waals surface area contributed by atoms with E-state index in [2.05, 4.69) is 15.3 Å². The van der Waals surface area contributed by atoms with Crippen molar-refractivity contribution in [2.75, 3.05) is 60.4 Å². The van der Waals surface area contributed by atoms with Crippen LogP contribution in [0.5, 0.6) is 11.5 Å². The summed E-state index contributed by atoms with van der Waals surface area (Å²) >= 11 is 0. The molecular formula is C18H27N3O7. The Morgan fingerprint density at radius 3 is 2.54 bits per heavy atom. The number of nitrogens with one attached hydrogen (secondary N) is 1. The molecule has 2 rings (SSSR count). The number of aliphatic imine (C=N–C) groups is 1. The predicted octanol–water partition coefficient (Wildman–Crippen LogP) is 0.127. The second kappa shape index (κ2) is 10.8. The van der Waals surface area contributed by atoms with Crippen molar-refractivity contribution in [2.45, 2.75) is 12.5 Å². The smallest absolute Gasteiger partial charge is 0.335 e. The van der Waals surface area contributed by atoms with E-state index in [0.717, 1.165) is 0 Å². The van der Waals surface area contributed by atoms with Crippen LogP contribution in [-0.2, 0) is 23.7 Å². The molecule has 0 aliphatic carbocycles. The van der Waals surface area contributed by atoms with Gasteiger partial charge in [0.2, 0.25) is 0 Å². The fourth-order valence-corrected chi connectivity index (χ4v) is 2.46. The van der Waals surface area contributed by atoms with Gasteiger partial charge in [-0.2, -0.15) is 0 Å². The van der Waals surface area contributed by atoms with Gasteiger partial charge in [0.15, 0.2) is 28.6 Å². The second-order valence-corrected chi connectivity index (χ2v) is 6.15. The topological polar surface area (TPSA) is 121 Å². The molecule has 0 saturated carbocycles. The highest BCUT2D eigenvalue weighted by Crippen LogP contribution is 2.30. The summed E-state index contributed by atoms with van der Waals surface area (Å²) in [5.41, 5.74) is -0.855. The van der Waals surface area contributed by atoms with Gasteiger partial charge in [0.05, 0.1) is 46.7 Å². The quantitative estimate of drug-likeness (QED) is 0.374. The number of carbonyl (C=O) groups is 1. The zero-order chi connectivity index (χ0) is 20.4. The molecule has 1 aliphatic rings. The van der Waals surface area contributed by atoms with E-state index in [1.165, 1.54) is 13.3 Å². The molecule has 156 valence electrons. The van der Waals surface area contributed by atoms with Crippen LogP contribution in [0.2, 0.25) is 0 Å². The Morgan fingerprint density at radius 2 is 1.86 bits per heavy atom. The lowest BCUT2D eigenvalue weighted by Gasteiger charge is -2.15. The van der Waals surface area contributed by atoms with E-state index in [9.17, 15) is 9.90 Å². The third kappa shape index (κ3) is 5.78. The first-order chi connectivity index (χ1) is 13.5. The largest absolute Gasteiger partial charge is 0.503 e. The highest BCUT2D eigenvalue weighted by atomic mass is 16.6. The van der Waals surface area contributed by atoms with Crippen molar-refractivity contribution >= 4 is 11.8 Å². The number of ether oxygens (including phenoxy) is 5. The summed E-state index contributed by atoms with van der Waals surface area (Å²) in [5.74, 6) is -0.0718. The van der Waals surface area contributed by atoms with E-state index < -0.39 is 11.5 Å². The van der Waals surface area contributed by atoms with Crippen LogP contribution in [0, 0.1) is 0 Å². The molecule has 0 amide bonds. The molecule has 0 spiro atoms. The number of esters is 1. The summed E-state index contributed by atoms with van der Waals surface area (Å²) in [6.45, 7) is 4.46. The summed E-state index contributed by atoms with van der Waals surface area (Å²) < 4.78 is 25.9. The maximum Gasteiger partial charge on any atom is 0.335 e. The van der Waals surface area contributed by atoms with Gasteiger partial charge < -0.3 is 34.1 Å². The molecule has 1 aliphatic heterocycles. The number of aromatic hydroxyl groups is 1. The number of rotatable bonds is 12. The third-order valence-electron chi connectivity index (χ3n) is 3.98. The molecule has 2 heterocycles. The third-order valence-corrected chi connectivity index (χ3v) is 3.98. The van der Waals surface area contributed by atoms with Crippen molar-refractivity contribution in [2.24, 2.45) is 4.99 Å². The first-order valence-electron chi connectivity index (χ1n) is 8.89. The van der Waals surface area contributed by atoms with Gasteiger partial charge in [0.1, 0.15) is 6.61 Å². The molecule has 1 aromatic heterocycles. The first-order valence-corrected chi connectivity index (χ1v) is 8.89. The van der Waals surface area contributed by atoms with Gasteiger partial charge in [-0.15, -0.1) is 0 Å². The van der Waals surface area contributed by atoms with Crippen molar-refractivity contribution in [3.05, 3.63) is 18.0 Å². The summed E-state index contributed by atoms with van der Waals surface area (Å²) in [7, 11) is 2.92. The molecule has 0 radical (unpaired) electrons. The van der Waals surface area contributed by atoms with Crippen molar-refractivity contribution in [1.29, 1.82) is 0 Å². The van der Waals surface area contributed by atoms with Gasteiger partial charge in [0, 0.05) is 19.4 Å². The van der Waals surface area contributed by atoms with Crippen molar-refractivity contribution in [1.82, 2.24) is 10.3 Å². The van der Waals surface area contributed by atoms with E-state index in [4.69, 9.17) is 23.7 Å². The predicted molar refractivity (Wildman–Crippen MR) is 99.9 cm³/mol. The van der Waals surface area contributed by atoms with E-state index in [1.54, 1.807) is 20.1 Å². The summed E-state index contributed by atoms with van der Waals surface area (Å²) in [6, 6.07) is 1.54. The minimum Gasteiger partial charge on any atom is -0.503 e. The van der Waals surface area contributed by atoms with Crippen LogP contribution in [0.15, 0.2) is 17.3 Å². The highest BCUT2D eigenvalue weighted by Gasteiger charge is 2.40. The average molecular weight is 397 g/mol. The summed E-state index contributed by atoms with van der Waals surface area (Å²) in [6.07, 6.45) is 1.49. The van der Waals surface area contributed by atoms with Crippen LogP contribution in [0.1, 0.15) is 12.6 Å². The van der Waals surface area contributed by atoms with Crippen molar-refractivity contribution in [3.8, 4) is 11.5 Å². The van der Waals surface area contributed by atoms with Gasteiger partial charge in [-0.1, -0.05) is 0 Å². The fourth-order valence-electron chi connectivity index (χ4n) is 2.46. The van der Waals surface area contributed by atoms with E-state index >= 15 is 0 Å². The molecule has 1 unspecified atom stereocenters. The van der Waals surface area contributed by atoms with Crippen LogP contribution >= 0.6 is 0 Å². The Balaban J connectivity index is 1.85. The number of methoxy groups -OCH3 is 2. The molecule has 0 saturated heterocycles. The van der Waals surface area contributed by atoms with E-state index in [1.807, 2.05) is 0 Å². The van der Waals surface area contributed by atoms with Gasteiger partial charge >= 0.3 is 5.97 Å². The second-order valence-electron chi connectivity index (χ2n) is 6.15. The number of aromatic nitrogens is 1. The number of hydrogen-bond acceptors (Lipinski definition) is 10. The zero-order valence-electron chi connectivity index (χ0n) is 16.4. The standard InChI is InChI=1S/C18H27N3O7/c1-18(17(23)25-3)12-20-16(21-18)14-15(22)13(4-5-19-14)28-11-10-27-9-8-26-7-6-24-2/h4-5,22H,6-12H2,1-3H3,(H,20,21). The molecule has 0 bridgehead atoms. The lowest BCUT2D eigenvalue weighted by molar-refractivity contribution is -0.145. The summed E-state index contributed by atoms with van der Waals surface area (Å²) in [4.78, 5) is 20.3. The molecule has 10 heteroatoms. The van der Waals surface area contributed by atoms with Gasteiger partial charge in [-0.05, 0) is 6.92 Å². The van der Waals surface area contributed by atoms with Crippen LogP contribution in [-0.4, -0.2) is 87.8 Å². The van der Waals surface area contributed by atoms with Crippen molar-refractivity contribution in [3.63, 3.8) is 0 Å². The lowest BCUT2D eigenvalue weighted by Crippen LogP contribution is -2.38. The minimum atomic E-state index is -1.06. The Hall–Kier alpha value is -2.43. The number of carbonyl (C=O) groups excluding carboxylic acids is 1. The Morgan fingerprint density at radius 1 is 1.18 bits per heavy atom.